The molecule has 0 nitrogen and oxygen atoms in total. The zero-order valence-electron chi connectivity index (χ0n) is 53.8. The molecule has 0 aromatic heterocycles. The zero-order valence-corrected chi connectivity index (χ0v) is 53.8. The van der Waals surface area contributed by atoms with Crippen LogP contribution >= 0.6 is 0 Å². The van der Waals surface area contributed by atoms with Crippen LogP contribution in [0, 0.1) is 54.3 Å². The van der Waals surface area contributed by atoms with Gasteiger partial charge in [-0.15, -0.1) is 0 Å². The Balaban J connectivity index is 0.000000328. The van der Waals surface area contributed by atoms with E-state index in [0.717, 1.165) is 105 Å². The second-order valence-corrected chi connectivity index (χ2v) is 27.6. The predicted molar refractivity (Wildman–Crippen MR) is 323 cm³/mol. The fraction of sp³-hybridized carbons (Fsp3) is 0.662. The fourth-order valence-corrected chi connectivity index (χ4v) is 13.2. The average Bonchev–Trinajstić information content (AvgIpc) is 3.31. The second kappa shape index (κ2) is 27.8. The highest BCUT2D eigenvalue weighted by atomic mass is 19.4. The van der Waals surface area contributed by atoms with Crippen molar-refractivity contribution in [3.8, 4) is 11.1 Å². The maximum Gasteiger partial charge on any atom is 0.417 e. The van der Waals surface area contributed by atoms with Crippen molar-refractivity contribution in [2.24, 2.45) is 47.3 Å². The van der Waals surface area contributed by atoms with E-state index in [4.69, 9.17) is 0 Å². The molecule has 0 amide bonds. The van der Waals surface area contributed by atoms with E-state index in [1.54, 1.807) is 33.8 Å². The van der Waals surface area contributed by atoms with E-state index in [1.165, 1.54) is 36.6 Å². The molecule has 0 saturated heterocycles. The maximum absolute atomic E-state index is 14.7. The number of benzene rings is 4. The van der Waals surface area contributed by atoms with Crippen molar-refractivity contribution in [2.75, 3.05) is 0 Å². The molecule has 1 aliphatic rings. The Bertz CT molecular complexity index is 2460. The molecule has 4 unspecified atom stereocenters. The Morgan fingerprint density at radius 1 is 0.312 bits per heavy atom. The summed E-state index contributed by atoms with van der Waals surface area (Å²) < 4.78 is 131. The molecule has 1 fully saturated rings. The van der Waals surface area contributed by atoms with Gasteiger partial charge in [-0.25, -0.2) is 0 Å². The molecule has 452 valence electrons. The molecular weight excluding hydrogens is 1020 g/mol. The third-order valence-corrected chi connectivity index (χ3v) is 17.7. The van der Waals surface area contributed by atoms with Gasteiger partial charge in [-0.1, -0.05) is 215 Å². The van der Waals surface area contributed by atoms with Gasteiger partial charge in [0.15, 0.2) is 0 Å². The van der Waals surface area contributed by atoms with E-state index < -0.39 is 40.6 Å². The van der Waals surface area contributed by atoms with Gasteiger partial charge >= 0.3 is 18.5 Å². The summed E-state index contributed by atoms with van der Waals surface area (Å²) >= 11 is 0. The van der Waals surface area contributed by atoms with Crippen LogP contribution in [0.25, 0.3) is 11.1 Å². The zero-order chi connectivity index (χ0) is 61.8. The van der Waals surface area contributed by atoms with E-state index in [0.29, 0.717) is 28.2 Å². The van der Waals surface area contributed by atoms with Crippen molar-refractivity contribution in [3.63, 3.8) is 0 Å². The van der Waals surface area contributed by atoms with Gasteiger partial charge in [0.05, 0.1) is 5.56 Å². The quantitative estimate of drug-likeness (QED) is 0.104. The van der Waals surface area contributed by atoms with Crippen LogP contribution in [-0.2, 0) is 11.6 Å². The number of alkyl halides is 9. The third kappa shape index (κ3) is 15.9. The first-order valence-corrected chi connectivity index (χ1v) is 30.3. The van der Waals surface area contributed by atoms with Crippen molar-refractivity contribution in [3.05, 3.63) is 127 Å². The molecule has 4 atom stereocenters. The van der Waals surface area contributed by atoms with Gasteiger partial charge in [0.1, 0.15) is 0 Å². The Labute approximate surface area is 480 Å². The van der Waals surface area contributed by atoms with Gasteiger partial charge in [-0.05, 0) is 199 Å². The van der Waals surface area contributed by atoms with Crippen molar-refractivity contribution in [1.82, 2.24) is 0 Å². The number of hydrogen-bond donors (Lipinski definition) is 0. The minimum atomic E-state index is -5.59. The van der Waals surface area contributed by atoms with Gasteiger partial charge in [-0.3, -0.25) is 0 Å². The van der Waals surface area contributed by atoms with Crippen LogP contribution in [-0.4, -0.2) is 12.4 Å². The lowest BCUT2D eigenvalue weighted by atomic mass is 9.57. The molecule has 0 radical (unpaired) electrons. The van der Waals surface area contributed by atoms with Crippen LogP contribution in [0.2, 0.25) is 0 Å². The Morgan fingerprint density at radius 2 is 0.562 bits per heavy atom. The van der Waals surface area contributed by atoms with Crippen LogP contribution in [0.4, 0.5) is 39.5 Å². The van der Waals surface area contributed by atoms with Crippen molar-refractivity contribution >= 4 is 0 Å². The van der Waals surface area contributed by atoms with Crippen molar-refractivity contribution < 1.29 is 39.5 Å². The van der Waals surface area contributed by atoms with Crippen molar-refractivity contribution in [1.29, 1.82) is 0 Å². The molecule has 0 aliphatic heterocycles. The standard InChI is InChI=1S/C27H34F6.C26H35F3.C18H36/c1-15(2)21-11-9-19(13-23(21)17(5)6)25(26(28,29)30,27(31,32)33)20-10-12-22(16(3)4)24(14-20)18(7)8;1-14(2)19-10-18(9)23(11-20(19)15(3)4)24-12-21(16(5)6)22(17(7)8)13-25(24)26(27,28)29;1-11(2)15-9-17(13(5)6)18(14(7)8)10-16(15)12(3)4/h9-18H,1-8H3;10-17H,1-9H3;11-18H,9-10H2,1-8H3. The molecule has 1 aliphatic carbocycles. The molecule has 0 spiro atoms. The number of halogens is 9. The summed E-state index contributed by atoms with van der Waals surface area (Å²) in [5.41, 5.74) is 2.33. The normalized spacial score (nSPS) is 17.9. The minimum absolute atomic E-state index is 0.0273. The van der Waals surface area contributed by atoms with Crippen LogP contribution < -0.4 is 0 Å². The summed E-state index contributed by atoms with van der Waals surface area (Å²) in [5.74, 6) is 7.49. The fourth-order valence-electron chi connectivity index (χ4n) is 13.2. The number of hydrogen-bond acceptors (Lipinski definition) is 0. The van der Waals surface area contributed by atoms with Crippen LogP contribution in [0.15, 0.2) is 60.7 Å². The molecule has 4 aromatic rings. The van der Waals surface area contributed by atoms with Crippen LogP contribution in [0.1, 0.15) is 293 Å². The van der Waals surface area contributed by atoms with E-state index in [-0.39, 0.29) is 41.4 Å². The molecule has 4 aromatic carbocycles. The smallest absolute Gasteiger partial charge is 0.169 e. The highest BCUT2D eigenvalue weighted by Crippen LogP contribution is 2.58. The lowest BCUT2D eigenvalue weighted by Crippen LogP contribution is -2.55. The van der Waals surface area contributed by atoms with E-state index >= 15 is 0 Å². The van der Waals surface area contributed by atoms with Gasteiger partial charge in [0, 0.05) is 0 Å². The first kappa shape index (κ1) is 70.5. The summed E-state index contributed by atoms with van der Waals surface area (Å²) in [7, 11) is 0. The van der Waals surface area contributed by atoms with Gasteiger partial charge in [0.25, 0.3) is 0 Å². The van der Waals surface area contributed by atoms with Crippen molar-refractivity contribution in [2.45, 2.75) is 257 Å². The average molecular weight is 1130 g/mol. The molecule has 0 bridgehead atoms. The Kier molecular flexibility index (Phi) is 24.5. The summed E-state index contributed by atoms with van der Waals surface area (Å²) in [5, 5.41) is 0. The molecule has 0 heterocycles. The lowest BCUT2D eigenvalue weighted by molar-refractivity contribution is -0.288. The van der Waals surface area contributed by atoms with Gasteiger partial charge in [-0.2, -0.15) is 39.5 Å². The Hall–Kier alpha value is -3.75. The molecular formula is C71H105F9. The summed E-state index contributed by atoms with van der Waals surface area (Å²) in [6.45, 7) is 52.5. The summed E-state index contributed by atoms with van der Waals surface area (Å²) in [4.78, 5) is 0. The molecule has 80 heavy (non-hydrogen) atoms. The predicted octanol–water partition coefficient (Wildman–Crippen LogP) is 24.6. The monoisotopic (exact) mass is 1130 g/mol. The molecule has 0 N–H and O–H groups in total. The molecule has 9 heteroatoms. The third-order valence-electron chi connectivity index (χ3n) is 17.7. The maximum atomic E-state index is 14.7. The highest BCUT2D eigenvalue weighted by molar-refractivity contribution is 5.74. The molecule has 1 saturated carbocycles. The second-order valence-electron chi connectivity index (χ2n) is 27.6. The lowest BCUT2D eigenvalue weighted by Gasteiger charge is -2.48. The van der Waals surface area contributed by atoms with Crippen LogP contribution in [0.3, 0.4) is 0 Å². The SMILES string of the molecule is CC(C)C1CC(C(C)C)C(C(C)C)CC1C(C)C.CC(C)c1ccc(C(c2ccc(C(C)C)c(C(C)C)c2)(C(F)(F)F)C(F)(F)F)cc1C(C)C.Cc1cc(C(C)C)c(C(C)C)cc1-c1cc(C(C)C)c(C(C)C)cc1C(F)(F)F. The highest BCUT2D eigenvalue weighted by Gasteiger charge is 2.72. The minimum Gasteiger partial charge on any atom is -0.169 e. The van der Waals surface area contributed by atoms with E-state index in [9.17, 15) is 39.5 Å². The van der Waals surface area contributed by atoms with E-state index in [2.05, 4.69) is 89.2 Å². The Morgan fingerprint density at radius 3 is 0.812 bits per heavy atom. The number of rotatable bonds is 15. The van der Waals surface area contributed by atoms with E-state index in [1.807, 2.05) is 68.4 Å². The van der Waals surface area contributed by atoms with Crippen LogP contribution in [0.5, 0.6) is 0 Å². The first-order chi connectivity index (χ1) is 36.5. The summed E-state index contributed by atoms with van der Waals surface area (Å²) in [6.07, 6.45) is -12.6. The summed E-state index contributed by atoms with van der Waals surface area (Å²) in [6, 6.07) is 14.4. The van der Waals surface area contributed by atoms with Gasteiger partial charge < -0.3 is 0 Å². The largest absolute Gasteiger partial charge is 0.417 e. The molecule has 5 rings (SSSR count). The number of aryl methyl sites for hydroxylation is 1. The first-order valence-electron chi connectivity index (χ1n) is 30.3. The topological polar surface area (TPSA) is 0 Å². The van der Waals surface area contributed by atoms with Gasteiger partial charge in [0.2, 0.25) is 5.41 Å².